The average Bonchev–Trinajstić information content (AvgIpc) is 2.76. The third-order valence-electron chi connectivity index (χ3n) is 5.60. The zero-order valence-electron chi connectivity index (χ0n) is 14.7. The highest BCUT2D eigenvalue weighted by atomic mass is 35.5. The predicted octanol–water partition coefficient (Wildman–Crippen LogP) is 5.12. The Hall–Kier alpha value is -3.02. The number of nitriles is 4. The van der Waals surface area contributed by atoms with Crippen molar-refractivity contribution in [2.45, 2.75) is 22.6 Å². The predicted molar refractivity (Wildman–Crippen MR) is 104 cm³/mol. The Morgan fingerprint density at radius 3 is 1.11 bits per heavy atom. The van der Waals surface area contributed by atoms with Gasteiger partial charge in [-0.05, 0) is 11.1 Å². The summed E-state index contributed by atoms with van der Waals surface area (Å²) in [4.78, 5) is -2.78. The molecule has 4 nitrogen and oxygen atoms in total. The monoisotopic (exact) mass is 404 g/mol. The molecule has 2 unspecified atom stereocenters. The van der Waals surface area contributed by atoms with Gasteiger partial charge in [-0.15, -0.1) is 23.2 Å². The molecular formula is C22H14Cl2N4. The highest BCUT2D eigenvalue weighted by Gasteiger charge is 2.70. The summed E-state index contributed by atoms with van der Waals surface area (Å²) in [5, 5.41) is 39.5. The van der Waals surface area contributed by atoms with E-state index in [9.17, 15) is 21.0 Å². The molecule has 28 heavy (non-hydrogen) atoms. The van der Waals surface area contributed by atoms with E-state index in [1.165, 1.54) is 0 Å². The SMILES string of the molecule is N#CC1(C#N)CC(Cl)(c2ccccc2)C(Cl)(c2ccccc2)CC1(C#N)C#N. The molecule has 6 heteroatoms. The van der Waals surface area contributed by atoms with Crippen LogP contribution in [-0.2, 0) is 9.75 Å². The van der Waals surface area contributed by atoms with E-state index < -0.39 is 20.6 Å². The summed E-state index contributed by atoms with van der Waals surface area (Å²) >= 11 is 14.3. The molecule has 0 radical (unpaired) electrons. The van der Waals surface area contributed by atoms with Crippen LogP contribution in [0.3, 0.4) is 0 Å². The maximum atomic E-state index is 9.88. The number of halogens is 2. The third-order valence-corrected chi connectivity index (χ3v) is 7.05. The second-order valence-electron chi connectivity index (χ2n) is 6.95. The van der Waals surface area contributed by atoms with E-state index in [1.807, 2.05) is 36.4 Å². The van der Waals surface area contributed by atoms with Crippen molar-refractivity contribution in [2.24, 2.45) is 10.8 Å². The molecule has 0 saturated heterocycles. The van der Waals surface area contributed by atoms with Crippen molar-refractivity contribution in [3.8, 4) is 24.3 Å². The first kappa shape index (κ1) is 19.7. The number of alkyl halides is 2. The highest BCUT2D eigenvalue weighted by molar-refractivity contribution is 6.35. The van der Waals surface area contributed by atoms with E-state index in [2.05, 4.69) is 0 Å². The van der Waals surface area contributed by atoms with E-state index in [1.54, 1.807) is 48.5 Å². The fourth-order valence-electron chi connectivity index (χ4n) is 3.97. The van der Waals surface area contributed by atoms with Gasteiger partial charge in [-0.3, -0.25) is 0 Å². The lowest BCUT2D eigenvalue weighted by Crippen LogP contribution is -2.57. The minimum atomic E-state index is -1.93. The van der Waals surface area contributed by atoms with Gasteiger partial charge in [0.05, 0.1) is 34.0 Å². The van der Waals surface area contributed by atoms with E-state index in [0.717, 1.165) is 0 Å². The molecule has 0 amide bonds. The van der Waals surface area contributed by atoms with Gasteiger partial charge in [-0.1, -0.05) is 60.7 Å². The van der Waals surface area contributed by atoms with Gasteiger partial charge >= 0.3 is 0 Å². The molecule has 1 aliphatic carbocycles. The quantitative estimate of drug-likeness (QED) is 0.648. The van der Waals surface area contributed by atoms with Gasteiger partial charge in [-0.25, -0.2) is 0 Å². The first-order valence-electron chi connectivity index (χ1n) is 8.51. The van der Waals surface area contributed by atoms with Crippen LogP contribution in [-0.4, -0.2) is 0 Å². The summed E-state index contributed by atoms with van der Waals surface area (Å²) < 4.78 is 0. The van der Waals surface area contributed by atoms with Crippen molar-refractivity contribution in [1.29, 1.82) is 21.0 Å². The number of nitrogens with zero attached hydrogens (tertiary/aromatic N) is 4. The standard InChI is InChI=1S/C22H14Cl2N4/c23-21(17-7-3-1-4-8-17)11-19(13-25,14-26)20(15-27,16-28)12-22(21,24)18-9-5-2-6-10-18/h1-10H,11-12H2. The molecule has 3 rings (SSSR count). The molecule has 1 aliphatic rings. The molecule has 0 heterocycles. The van der Waals surface area contributed by atoms with Crippen LogP contribution in [0.2, 0.25) is 0 Å². The van der Waals surface area contributed by atoms with Gasteiger partial charge in [0.25, 0.3) is 0 Å². The van der Waals surface area contributed by atoms with Gasteiger partial charge in [0.2, 0.25) is 0 Å². The number of hydrogen-bond donors (Lipinski definition) is 0. The topological polar surface area (TPSA) is 95.2 Å². The molecule has 136 valence electrons. The molecule has 0 aromatic heterocycles. The van der Waals surface area contributed by atoms with Crippen molar-refractivity contribution in [2.75, 3.05) is 0 Å². The average molecular weight is 405 g/mol. The Morgan fingerprint density at radius 2 is 0.857 bits per heavy atom. The van der Waals surface area contributed by atoms with Crippen LogP contribution < -0.4 is 0 Å². The second kappa shape index (κ2) is 6.86. The van der Waals surface area contributed by atoms with Crippen molar-refractivity contribution in [1.82, 2.24) is 0 Å². The lowest BCUT2D eigenvalue weighted by atomic mass is 9.50. The minimum Gasteiger partial charge on any atom is -0.196 e. The van der Waals surface area contributed by atoms with Gasteiger partial charge in [-0.2, -0.15) is 21.0 Å². The van der Waals surface area contributed by atoms with E-state index in [-0.39, 0.29) is 12.8 Å². The molecule has 1 saturated carbocycles. The van der Waals surface area contributed by atoms with Gasteiger partial charge < -0.3 is 0 Å². The molecule has 0 aliphatic heterocycles. The van der Waals surface area contributed by atoms with Crippen LogP contribution >= 0.6 is 23.2 Å². The molecule has 2 aromatic rings. The van der Waals surface area contributed by atoms with Gasteiger partial charge in [0, 0.05) is 12.8 Å². The molecule has 0 N–H and O–H groups in total. The van der Waals surface area contributed by atoms with Crippen molar-refractivity contribution < 1.29 is 0 Å². The number of benzene rings is 2. The minimum absolute atomic E-state index is 0.266. The van der Waals surface area contributed by atoms with Crippen LogP contribution in [0.5, 0.6) is 0 Å². The Bertz CT molecular complexity index is 941. The van der Waals surface area contributed by atoms with E-state index in [4.69, 9.17) is 23.2 Å². The first-order valence-corrected chi connectivity index (χ1v) is 9.26. The Morgan fingerprint density at radius 1 is 0.571 bits per heavy atom. The van der Waals surface area contributed by atoms with E-state index >= 15 is 0 Å². The maximum absolute atomic E-state index is 9.88. The van der Waals surface area contributed by atoms with Crippen molar-refractivity contribution in [3.63, 3.8) is 0 Å². The fraction of sp³-hybridized carbons (Fsp3) is 0.273. The van der Waals surface area contributed by atoms with Crippen LogP contribution in [0.25, 0.3) is 0 Å². The zero-order valence-corrected chi connectivity index (χ0v) is 16.2. The molecule has 0 bridgehead atoms. The van der Waals surface area contributed by atoms with Gasteiger partial charge in [0.1, 0.15) is 0 Å². The Balaban J connectivity index is 2.38. The van der Waals surface area contributed by atoms with Crippen molar-refractivity contribution in [3.05, 3.63) is 71.8 Å². The summed E-state index contributed by atoms with van der Waals surface area (Å²) in [5.41, 5.74) is -2.62. The normalized spacial score (nSPS) is 27.4. The lowest BCUT2D eigenvalue weighted by Gasteiger charge is -2.54. The van der Waals surface area contributed by atoms with Crippen molar-refractivity contribution >= 4 is 23.2 Å². The number of rotatable bonds is 2. The second-order valence-corrected chi connectivity index (χ2v) is 8.24. The Kier molecular flexibility index (Phi) is 4.83. The molecule has 0 spiro atoms. The van der Waals surface area contributed by atoms with Gasteiger partial charge in [0.15, 0.2) is 10.8 Å². The molecular weight excluding hydrogens is 391 g/mol. The Labute approximate surface area is 173 Å². The first-order chi connectivity index (χ1) is 13.4. The molecule has 1 fully saturated rings. The summed E-state index contributed by atoms with van der Waals surface area (Å²) in [6.45, 7) is 0. The zero-order chi connectivity index (χ0) is 20.5. The highest BCUT2D eigenvalue weighted by Crippen LogP contribution is 2.67. The maximum Gasteiger partial charge on any atom is 0.177 e. The largest absolute Gasteiger partial charge is 0.196 e. The number of hydrogen-bond acceptors (Lipinski definition) is 4. The van der Waals surface area contributed by atoms with E-state index in [0.29, 0.717) is 11.1 Å². The fourth-order valence-corrected chi connectivity index (χ4v) is 4.97. The smallest absolute Gasteiger partial charge is 0.177 e. The summed E-state index contributed by atoms with van der Waals surface area (Å²) in [6, 6.07) is 25.6. The third kappa shape index (κ3) is 2.47. The van der Waals surface area contributed by atoms with Crippen LogP contribution in [0.15, 0.2) is 60.7 Å². The van der Waals surface area contributed by atoms with Crippen LogP contribution in [0.4, 0.5) is 0 Å². The van der Waals surface area contributed by atoms with Crippen LogP contribution in [0.1, 0.15) is 24.0 Å². The summed E-state index contributed by atoms with van der Waals surface area (Å²) in [6.07, 6.45) is -0.532. The lowest BCUT2D eigenvalue weighted by molar-refractivity contribution is 0.119. The molecule has 2 aromatic carbocycles. The summed E-state index contributed by atoms with van der Waals surface area (Å²) in [5.74, 6) is 0. The molecule has 2 atom stereocenters. The summed E-state index contributed by atoms with van der Waals surface area (Å²) in [7, 11) is 0. The van der Waals surface area contributed by atoms with Crippen LogP contribution in [0, 0.1) is 56.2 Å².